The number of rotatable bonds is 13. The summed E-state index contributed by atoms with van der Waals surface area (Å²) in [5, 5.41) is 21.3. The van der Waals surface area contributed by atoms with Crippen molar-refractivity contribution in [3.05, 3.63) is 112 Å². The second-order valence-electron chi connectivity index (χ2n) is 10.3. The van der Waals surface area contributed by atoms with Gasteiger partial charge in [-0.05, 0) is 79.5 Å². The fourth-order valence-electron chi connectivity index (χ4n) is 4.78. The highest BCUT2D eigenvalue weighted by Crippen LogP contribution is 2.35. The number of aliphatic carboxylic acids is 1. The van der Waals surface area contributed by atoms with Crippen LogP contribution in [0.25, 0.3) is 10.9 Å². The van der Waals surface area contributed by atoms with Crippen molar-refractivity contribution in [3.8, 4) is 0 Å². The molecule has 1 aromatic heterocycles. The minimum Gasteiger partial charge on any atom is -0.481 e. The van der Waals surface area contributed by atoms with Crippen LogP contribution in [0, 0.1) is 5.92 Å². The third kappa shape index (κ3) is 8.56. The van der Waals surface area contributed by atoms with E-state index in [0.717, 1.165) is 42.3 Å². The quantitative estimate of drug-likeness (QED) is 0.175. The molecule has 39 heavy (non-hydrogen) atoms. The summed E-state index contributed by atoms with van der Waals surface area (Å²) in [4.78, 5) is 16.3. The minimum atomic E-state index is -0.763. The van der Waals surface area contributed by atoms with Crippen molar-refractivity contribution < 1.29 is 15.0 Å². The van der Waals surface area contributed by atoms with Crippen LogP contribution in [0.4, 0.5) is 0 Å². The summed E-state index contributed by atoms with van der Waals surface area (Å²) >= 11 is 7.88. The van der Waals surface area contributed by atoms with E-state index in [1.54, 1.807) is 18.7 Å². The Morgan fingerprint density at radius 2 is 1.69 bits per heavy atom. The normalized spacial score (nSPS) is 13.7. The molecule has 0 saturated heterocycles. The molecule has 0 spiro atoms. The van der Waals surface area contributed by atoms with Gasteiger partial charge < -0.3 is 10.2 Å². The lowest BCUT2D eigenvalue weighted by molar-refractivity contribution is -0.140. The maximum absolute atomic E-state index is 11.5. The van der Waals surface area contributed by atoms with Crippen LogP contribution in [0.2, 0.25) is 5.02 Å². The van der Waals surface area contributed by atoms with E-state index in [1.807, 2.05) is 37.3 Å². The molecule has 6 heteroatoms. The number of fused-ring (bicyclic) bond motifs is 1. The number of carboxylic acid groups (broad SMARTS) is 1. The fraction of sp³-hybridized carbons (Fsp3) is 0.333. The molecule has 3 atom stereocenters. The van der Waals surface area contributed by atoms with Crippen molar-refractivity contribution in [2.45, 2.75) is 57.3 Å². The van der Waals surface area contributed by atoms with Gasteiger partial charge in [0.15, 0.2) is 0 Å². The van der Waals surface area contributed by atoms with Crippen molar-refractivity contribution in [1.29, 1.82) is 0 Å². The molecule has 0 bridgehead atoms. The number of aliphatic hydroxyl groups excluding tert-OH is 1. The molecule has 0 aliphatic carbocycles. The van der Waals surface area contributed by atoms with Crippen LogP contribution in [0.3, 0.4) is 0 Å². The first kappa shape index (κ1) is 29.1. The zero-order valence-corrected chi connectivity index (χ0v) is 24.1. The Morgan fingerprint density at radius 3 is 2.46 bits per heavy atom. The molecule has 2 N–H and O–H groups in total. The smallest absolute Gasteiger partial charge is 0.307 e. The molecule has 1 heterocycles. The Kier molecular flexibility index (Phi) is 10.4. The SMILES string of the molecule is CC(O)Cc1ccccc1CCC(SCC(C)C(=O)O)c1cccc(CCc2ccc3ccc(Cl)cc3n2)c1. The molecular formula is C33H36ClNO3S. The number of carboxylic acids is 1. The average Bonchev–Trinajstić information content (AvgIpc) is 2.92. The molecule has 204 valence electrons. The number of aliphatic hydroxyl groups is 1. The number of benzene rings is 3. The van der Waals surface area contributed by atoms with Crippen LogP contribution < -0.4 is 0 Å². The second-order valence-corrected chi connectivity index (χ2v) is 12.0. The van der Waals surface area contributed by atoms with Crippen LogP contribution >= 0.6 is 23.4 Å². The zero-order valence-electron chi connectivity index (χ0n) is 22.5. The second kappa shape index (κ2) is 14.0. The summed E-state index contributed by atoms with van der Waals surface area (Å²) in [6.45, 7) is 3.58. The van der Waals surface area contributed by atoms with Crippen LogP contribution in [0.15, 0.2) is 78.9 Å². The van der Waals surface area contributed by atoms with E-state index in [2.05, 4.69) is 48.5 Å². The minimum absolute atomic E-state index is 0.173. The molecule has 0 aliphatic heterocycles. The number of thioether (sulfide) groups is 1. The molecule has 0 aliphatic rings. The number of aromatic nitrogens is 1. The Balaban J connectivity index is 1.49. The van der Waals surface area contributed by atoms with Gasteiger partial charge in [-0.2, -0.15) is 11.8 Å². The van der Waals surface area contributed by atoms with E-state index in [9.17, 15) is 15.0 Å². The van der Waals surface area contributed by atoms with Crippen molar-refractivity contribution in [2.75, 3.05) is 5.75 Å². The van der Waals surface area contributed by atoms with Gasteiger partial charge in [-0.25, -0.2) is 0 Å². The summed E-state index contributed by atoms with van der Waals surface area (Å²) in [5.41, 5.74) is 6.83. The molecule has 4 aromatic rings. The van der Waals surface area contributed by atoms with Gasteiger partial charge in [0.25, 0.3) is 0 Å². The number of hydrogen-bond donors (Lipinski definition) is 2. The van der Waals surface area contributed by atoms with E-state index >= 15 is 0 Å². The molecule has 0 saturated carbocycles. The van der Waals surface area contributed by atoms with Crippen LogP contribution in [-0.4, -0.2) is 33.0 Å². The molecular weight excluding hydrogens is 526 g/mol. The first-order chi connectivity index (χ1) is 18.8. The molecule has 4 rings (SSSR count). The average molecular weight is 562 g/mol. The van der Waals surface area contributed by atoms with Gasteiger partial charge in [0.05, 0.1) is 17.5 Å². The Hall–Kier alpha value is -2.86. The Morgan fingerprint density at radius 1 is 0.923 bits per heavy atom. The number of nitrogens with zero attached hydrogens (tertiary/aromatic N) is 1. The molecule has 0 amide bonds. The summed E-state index contributed by atoms with van der Waals surface area (Å²) in [5.74, 6) is -0.611. The standard InChI is InChI=1S/C33H36ClNO3S/c1-22(33(37)38)21-39-32(17-13-25-7-3-4-8-27(25)18-23(2)36)28-9-5-6-24(19-28)10-15-30-16-12-26-11-14-29(34)20-31(26)35-30/h3-9,11-12,14,16,19-20,22-23,32,36H,10,13,15,17-18,21H2,1-2H3,(H,37,38). The number of carbonyl (C=O) groups is 1. The highest BCUT2D eigenvalue weighted by atomic mass is 35.5. The van der Waals surface area contributed by atoms with Gasteiger partial charge >= 0.3 is 5.97 Å². The van der Waals surface area contributed by atoms with Crippen molar-refractivity contribution >= 4 is 40.2 Å². The van der Waals surface area contributed by atoms with Gasteiger partial charge in [-0.15, -0.1) is 0 Å². The van der Waals surface area contributed by atoms with Gasteiger partial charge in [-0.3, -0.25) is 9.78 Å². The Bertz CT molecular complexity index is 1410. The Labute approximate surface area is 240 Å². The maximum Gasteiger partial charge on any atom is 0.307 e. The largest absolute Gasteiger partial charge is 0.481 e. The highest BCUT2D eigenvalue weighted by Gasteiger charge is 2.19. The van der Waals surface area contributed by atoms with Gasteiger partial charge in [0.2, 0.25) is 0 Å². The summed E-state index contributed by atoms with van der Waals surface area (Å²) in [6.07, 6.45) is 3.70. The number of aryl methyl sites for hydroxylation is 3. The highest BCUT2D eigenvalue weighted by molar-refractivity contribution is 7.99. The lowest BCUT2D eigenvalue weighted by atomic mass is 9.95. The van der Waals surface area contributed by atoms with E-state index in [-0.39, 0.29) is 5.25 Å². The summed E-state index contributed by atoms with van der Waals surface area (Å²) in [6, 6.07) is 26.9. The molecule has 3 aromatic carbocycles. The maximum atomic E-state index is 11.5. The van der Waals surface area contributed by atoms with E-state index in [0.29, 0.717) is 17.2 Å². The zero-order chi connectivity index (χ0) is 27.8. The molecule has 0 radical (unpaired) electrons. The predicted molar refractivity (Wildman–Crippen MR) is 163 cm³/mol. The van der Waals surface area contributed by atoms with Gasteiger partial charge in [-0.1, -0.05) is 79.2 Å². The van der Waals surface area contributed by atoms with Crippen LogP contribution in [0.1, 0.15) is 53.5 Å². The summed E-state index contributed by atoms with van der Waals surface area (Å²) < 4.78 is 0. The van der Waals surface area contributed by atoms with E-state index in [1.165, 1.54) is 22.3 Å². The monoisotopic (exact) mass is 561 g/mol. The third-order valence-corrected chi connectivity index (χ3v) is 8.82. The van der Waals surface area contributed by atoms with Crippen molar-refractivity contribution in [2.24, 2.45) is 5.92 Å². The van der Waals surface area contributed by atoms with Crippen LogP contribution in [0.5, 0.6) is 0 Å². The van der Waals surface area contributed by atoms with Crippen molar-refractivity contribution in [3.63, 3.8) is 0 Å². The first-order valence-corrected chi connectivity index (χ1v) is 14.9. The lowest BCUT2D eigenvalue weighted by Crippen LogP contribution is -2.13. The fourth-order valence-corrected chi connectivity index (χ4v) is 6.23. The first-order valence-electron chi connectivity index (χ1n) is 13.5. The van der Waals surface area contributed by atoms with Crippen molar-refractivity contribution in [1.82, 2.24) is 4.98 Å². The number of hydrogen-bond acceptors (Lipinski definition) is 4. The molecule has 3 unspecified atom stereocenters. The van der Waals surface area contributed by atoms with E-state index < -0.39 is 18.0 Å². The molecule has 0 fully saturated rings. The van der Waals surface area contributed by atoms with Gasteiger partial charge in [0, 0.05) is 27.1 Å². The molecule has 4 nitrogen and oxygen atoms in total. The lowest BCUT2D eigenvalue weighted by Gasteiger charge is -2.20. The third-order valence-electron chi connectivity index (χ3n) is 6.98. The van der Waals surface area contributed by atoms with E-state index in [4.69, 9.17) is 16.6 Å². The van der Waals surface area contributed by atoms with Gasteiger partial charge in [0.1, 0.15) is 0 Å². The topological polar surface area (TPSA) is 70.4 Å². The number of halogens is 1. The predicted octanol–water partition coefficient (Wildman–Crippen LogP) is 7.72. The van der Waals surface area contributed by atoms with Crippen LogP contribution in [-0.2, 0) is 30.5 Å². The summed E-state index contributed by atoms with van der Waals surface area (Å²) in [7, 11) is 0. The number of pyridine rings is 1.